The minimum atomic E-state index is -4.28. The van der Waals surface area contributed by atoms with E-state index in [4.69, 9.17) is 11.6 Å². The SMILES string of the molecule is O=C(CN1CCN(S(=O)(=O)c2c(F)cccc2F)CC1)NCCc1ccc(Cl)cc1. The van der Waals surface area contributed by atoms with E-state index in [0.29, 0.717) is 31.1 Å². The Labute approximate surface area is 179 Å². The molecule has 0 atom stereocenters. The first kappa shape index (κ1) is 22.6. The van der Waals surface area contributed by atoms with Crippen LogP contribution in [0.4, 0.5) is 8.78 Å². The van der Waals surface area contributed by atoms with Crippen molar-refractivity contribution in [2.45, 2.75) is 11.3 Å². The highest BCUT2D eigenvalue weighted by Crippen LogP contribution is 2.23. The van der Waals surface area contributed by atoms with Crippen molar-refractivity contribution in [1.29, 1.82) is 0 Å². The highest BCUT2D eigenvalue weighted by atomic mass is 35.5. The summed E-state index contributed by atoms with van der Waals surface area (Å²) in [5.74, 6) is -2.39. The lowest BCUT2D eigenvalue weighted by Gasteiger charge is -2.33. The van der Waals surface area contributed by atoms with Gasteiger partial charge in [0.05, 0.1) is 6.54 Å². The quantitative estimate of drug-likeness (QED) is 0.692. The van der Waals surface area contributed by atoms with E-state index in [1.54, 1.807) is 17.0 Å². The first-order valence-electron chi connectivity index (χ1n) is 9.45. The zero-order valence-electron chi connectivity index (χ0n) is 16.2. The number of benzene rings is 2. The van der Waals surface area contributed by atoms with Gasteiger partial charge in [0.2, 0.25) is 15.9 Å². The topological polar surface area (TPSA) is 69.7 Å². The number of rotatable bonds is 7. The number of hydrogen-bond acceptors (Lipinski definition) is 4. The van der Waals surface area contributed by atoms with E-state index in [0.717, 1.165) is 28.1 Å². The smallest absolute Gasteiger partial charge is 0.249 e. The summed E-state index contributed by atoms with van der Waals surface area (Å²) in [7, 11) is -4.28. The Bertz CT molecular complexity index is 975. The van der Waals surface area contributed by atoms with Crippen molar-refractivity contribution < 1.29 is 22.0 Å². The van der Waals surface area contributed by atoms with Gasteiger partial charge in [-0.05, 0) is 36.2 Å². The van der Waals surface area contributed by atoms with Gasteiger partial charge in [-0.1, -0.05) is 29.8 Å². The van der Waals surface area contributed by atoms with Crippen LogP contribution in [0.5, 0.6) is 0 Å². The molecular formula is C20H22ClF2N3O3S. The fraction of sp³-hybridized carbons (Fsp3) is 0.350. The molecule has 1 aliphatic rings. The number of amides is 1. The zero-order valence-corrected chi connectivity index (χ0v) is 17.7. The van der Waals surface area contributed by atoms with E-state index in [2.05, 4.69) is 5.32 Å². The summed E-state index contributed by atoms with van der Waals surface area (Å²) < 4.78 is 54.0. The summed E-state index contributed by atoms with van der Waals surface area (Å²) in [6.45, 7) is 1.28. The molecule has 0 unspecified atom stereocenters. The number of nitrogens with zero attached hydrogens (tertiary/aromatic N) is 2. The minimum absolute atomic E-state index is 0.0498. The maximum Gasteiger partial charge on any atom is 0.249 e. The van der Waals surface area contributed by atoms with Gasteiger partial charge in [-0.2, -0.15) is 4.31 Å². The molecule has 0 spiro atoms. The van der Waals surface area contributed by atoms with Crippen LogP contribution < -0.4 is 5.32 Å². The molecule has 1 heterocycles. The molecule has 30 heavy (non-hydrogen) atoms. The fourth-order valence-electron chi connectivity index (χ4n) is 3.24. The molecule has 3 rings (SSSR count). The van der Waals surface area contributed by atoms with E-state index in [1.165, 1.54) is 0 Å². The van der Waals surface area contributed by atoms with Gasteiger partial charge in [0.1, 0.15) is 11.6 Å². The van der Waals surface area contributed by atoms with Crippen LogP contribution in [0.15, 0.2) is 47.4 Å². The molecule has 0 aliphatic carbocycles. The van der Waals surface area contributed by atoms with Crippen molar-refractivity contribution in [3.05, 3.63) is 64.7 Å². The number of nitrogens with one attached hydrogen (secondary N) is 1. The number of piperazine rings is 1. The Morgan fingerprint density at radius 1 is 1.00 bits per heavy atom. The molecule has 1 aliphatic heterocycles. The molecular weight excluding hydrogens is 436 g/mol. The average Bonchev–Trinajstić information content (AvgIpc) is 2.69. The third kappa shape index (κ3) is 5.54. The minimum Gasteiger partial charge on any atom is -0.355 e. The Morgan fingerprint density at radius 3 is 2.20 bits per heavy atom. The summed E-state index contributed by atoms with van der Waals surface area (Å²) in [6.07, 6.45) is 0.670. The van der Waals surface area contributed by atoms with Crippen LogP contribution in [0.3, 0.4) is 0 Å². The Balaban J connectivity index is 1.47. The van der Waals surface area contributed by atoms with Crippen molar-refractivity contribution in [3.8, 4) is 0 Å². The predicted molar refractivity (Wildman–Crippen MR) is 110 cm³/mol. The second-order valence-electron chi connectivity index (χ2n) is 6.96. The Kier molecular flexibility index (Phi) is 7.41. The van der Waals surface area contributed by atoms with Gasteiger partial charge in [-0.3, -0.25) is 9.69 Å². The second kappa shape index (κ2) is 9.82. The van der Waals surface area contributed by atoms with Crippen molar-refractivity contribution in [1.82, 2.24) is 14.5 Å². The van der Waals surface area contributed by atoms with Gasteiger partial charge in [-0.25, -0.2) is 17.2 Å². The number of sulfonamides is 1. The molecule has 0 aromatic heterocycles. The Morgan fingerprint density at radius 2 is 1.60 bits per heavy atom. The molecule has 0 saturated carbocycles. The van der Waals surface area contributed by atoms with Crippen LogP contribution in [-0.4, -0.2) is 62.8 Å². The standard InChI is InChI=1S/C20H22ClF2N3O3S/c21-16-6-4-15(5-7-16)8-9-24-19(27)14-25-10-12-26(13-11-25)30(28,29)20-17(22)2-1-3-18(20)23/h1-7H,8-14H2,(H,24,27). The molecule has 6 nitrogen and oxygen atoms in total. The van der Waals surface area contributed by atoms with E-state index in [9.17, 15) is 22.0 Å². The molecule has 0 bridgehead atoms. The third-order valence-electron chi connectivity index (χ3n) is 4.86. The van der Waals surface area contributed by atoms with Crippen LogP contribution >= 0.6 is 11.6 Å². The number of carbonyl (C=O) groups is 1. The molecule has 1 amide bonds. The van der Waals surface area contributed by atoms with Crippen molar-refractivity contribution in [2.75, 3.05) is 39.3 Å². The van der Waals surface area contributed by atoms with Crippen LogP contribution in [0, 0.1) is 11.6 Å². The first-order chi connectivity index (χ1) is 14.3. The molecule has 2 aromatic rings. The summed E-state index contributed by atoms with van der Waals surface area (Å²) >= 11 is 5.84. The maximum atomic E-state index is 13.9. The van der Waals surface area contributed by atoms with Gasteiger partial charge in [0, 0.05) is 37.7 Å². The lowest BCUT2D eigenvalue weighted by atomic mass is 10.1. The normalized spacial score (nSPS) is 15.8. The average molecular weight is 458 g/mol. The third-order valence-corrected chi connectivity index (χ3v) is 7.07. The van der Waals surface area contributed by atoms with E-state index >= 15 is 0 Å². The highest BCUT2D eigenvalue weighted by Gasteiger charge is 2.33. The number of carbonyl (C=O) groups excluding carboxylic acids is 1. The molecule has 1 N–H and O–H groups in total. The largest absolute Gasteiger partial charge is 0.355 e. The van der Waals surface area contributed by atoms with E-state index < -0.39 is 26.6 Å². The maximum absolute atomic E-state index is 13.9. The van der Waals surface area contributed by atoms with Gasteiger partial charge in [0.25, 0.3) is 0 Å². The molecule has 0 radical (unpaired) electrons. The van der Waals surface area contributed by atoms with Gasteiger partial charge in [0.15, 0.2) is 4.90 Å². The molecule has 1 fully saturated rings. The van der Waals surface area contributed by atoms with Gasteiger partial charge < -0.3 is 5.32 Å². The van der Waals surface area contributed by atoms with Crippen molar-refractivity contribution in [3.63, 3.8) is 0 Å². The molecule has 10 heteroatoms. The Hall–Kier alpha value is -2.07. The second-order valence-corrected chi connectivity index (χ2v) is 9.27. The molecule has 162 valence electrons. The van der Waals surface area contributed by atoms with E-state index in [1.807, 2.05) is 12.1 Å². The van der Waals surface area contributed by atoms with Crippen molar-refractivity contribution in [2.24, 2.45) is 0 Å². The van der Waals surface area contributed by atoms with Crippen molar-refractivity contribution >= 4 is 27.5 Å². The first-order valence-corrected chi connectivity index (χ1v) is 11.3. The predicted octanol–water partition coefficient (Wildman–Crippen LogP) is 2.28. The fourth-order valence-corrected chi connectivity index (χ4v) is 4.90. The zero-order chi connectivity index (χ0) is 21.7. The van der Waals surface area contributed by atoms with Crippen LogP contribution in [0.2, 0.25) is 5.02 Å². The summed E-state index contributed by atoms with van der Waals surface area (Å²) in [5, 5.41) is 3.49. The van der Waals surface area contributed by atoms with Crippen LogP contribution in [0.25, 0.3) is 0 Å². The van der Waals surface area contributed by atoms with E-state index in [-0.39, 0.29) is 25.5 Å². The summed E-state index contributed by atoms with van der Waals surface area (Å²) in [5.41, 5.74) is 1.05. The number of halogens is 3. The summed E-state index contributed by atoms with van der Waals surface area (Å²) in [4.78, 5) is 13.0. The number of hydrogen-bond donors (Lipinski definition) is 1. The molecule has 2 aromatic carbocycles. The lowest BCUT2D eigenvalue weighted by Crippen LogP contribution is -2.51. The van der Waals surface area contributed by atoms with Gasteiger partial charge in [-0.15, -0.1) is 0 Å². The van der Waals surface area contributed by atoms with Crippen LogP contribution in [0.1, 0.15) is 5.56 Å². The van der Waals surface area contributed by atoms with Gasteiger partial charge >= 0.3 is 0 Å². The van der Waals surface area contributed by atoms with Crippen LogP contribution in [-0.2, 0) is 21.2 Å². The monoisotopic (exact) mass is 457 g/mol. The lowest BCUT2D eigenvalue weighted by molar-refractivity contribution is -0.122. The summed E-state index contributed by atoms with van der Waals surface area (Å²) in [6, 6.07) is 10.3. The highest BCUT2D eigenvalue weighted by molar-refractivity contribution is 7.89. The molecule has 1 saturated heterocycles.